The van der Waals surface area contributed by atoms with Gasteiger partial charge in [-0.05, 0) is 61.3 Å². The van der Waals surface area contributed by atoms with Crippen molar-refractivity contribution < 1.29 is 0 Å². The molecule has 0 fully saturated rings. The Kier molecular flexibility index (Phi) is 5.53. The summed E-state index contributed by atoms with van der Waals surface area (Å²) in [4.78, 5) is 11.1. The molecular weight excluding hydrogens is 569 g/mol. The smallest absolute Gasteiger partial charge is 0.160 e. The lowest BCUT2D eigenvalue weighted by atomic mass is 9.72. The van der Waals surface area contributed by atoms with Gasteiger partial charge in [0.15, 0.2) is 5.82 Å². The number of benzene rings is 7. The van der Waals surface area contributed by atoms with E-state index in [1.807, 2.05) is 6.07 Å². The van der Waals surface area contributed by atoms with Crippen LogP contribution in [0, 0.1) is 0 Å². The first-order valence-electron chi connectivity index (χ1n) is 16.2. The van der Waals surface area contributed by atoms with E-state index in [4.69, 9.17) is 9.97 Å². The van der Waals surface area contributed by atoms with Crippen molar-refractivity contribution in [3.63, 3.8) is 0 Å². The maximum Gasteiger partial charge on any atom is 0.160 e. The molecule has 0 N–H and O–H groups in total. The molecule has 1 atom stereocenters. The fraction of sp³-hybridized carbons (Fsp3) is 0.0222. The van der Waals surface area contributed by atoms with Crippen LogP contribution in [-0.4, -0.2) is 9.97 Å². The third-order valence-electron chi connectivity index (χ3n) is 10.1. The second-order valence-corrected chi connectivity index (χ2v) is 12.5. The van der Waals surface area contributed by atoms with Crippen LogP contribution in [0.3, 0.4) is 0 Å². The molecule has 1 heterocycles. The molecule has 8 aromatic rings. The van der Waals surface area contributed by atoms with Gasteiger partial charge in [-0.15, -0.1) is 0 Å². The largest absolute Gasteiger partial charge is 0.231 e. The van der Waals surface area contributed by atoms with Gasteiger partial charge in [-0.3, -0.25) is 0 Å². The third-order valence-corrected chi connectivity index (χ3v) is 10.1. The number of hydrogen-bond donors (Lipinski definition) is 0. The molecule has 1 aromatic heterocycles. The average molecular weight is 597 g/mol. The summed E-state index contributed by atoms with van der Waals surface area (Å²) >= 11 is 0. The number of hydrogen-bond acceptors (Lipinski definition) is 2. The van der Waals surface area contributed by atoms with E-state index in [1.54, 1.807) is 0 Å². The van der Waals surface area contributed by atoms with Gasteiger partial charge in [0.2, 0.25) is 0 Å². The molecule has 1 spiro atoms. The SMILES string of the molecule is c1ccc(-c2ccc3c(c2)C2(c4ccccc4-3)c3ccccc3-c3c(-c4cccc5ccccc45)nc(-c4ccccc4)nc32)cc1. The van der Waals surface area contributed by atoms with Gasteiger partial charge in [-0.1, -0.05) is 164 Å². The highest BCUT2D eigenvalue weighted by atomic mass is 14.9. The van der Waals surface area contributed by atoms with Crippen LogP contribution in [0.4, 0.5) is 0 Å². The molecule has 0 bridgehead atoms. The van der Waals surface area contributed by atoms with Gasteiger partial charge < -0.3 is 0 Å². The third kappa shape index (κ3) is 3.61. The van der Waals surface area contributed by atoms with E-state index in [2.05, 4.69) is 164 Å². The number of aromatic nitrogens is 2. The highest BCUT2D eigenvalue weighted by Gasteiger charge is 2.54. The fourth-order valence-corrected chi connectivity index (χ4v) is 8.12. The molecule has 2 aliphatic carbocycles. The van der Waals surface area contributed by atoms with Crippen LogP contribution in [0.5, 0.6) is 0 Å². The topological polar surface area (TPSA) is 25.8 Å². The predicted octanol–water partition coefficient (Wildman–Crippen LogP) is 11.0. The van der Waals surface area contributed by atoms with Crippen molar-refractivity contribution >= 4 is 10.8 Å². The number of rotatable bonds is 3. The molecule has 47 heavy (non-hydrogen) atoms. The van der Waals surface area contributed by atoms with Crippen LogP contribution >= 0.6 is 0 Å². The van der Waals surface area contributed by atoms with E-state index in [0.717, 1.165) is 33.9 Å². The van der Waals surface area contributed by atoms with Gasteiger partial charge in [0, 0.05) is 16.7 Å². The zero-order valence-electron chi connectivity index (χ0n) is 25.6. The van der Waals surface area contributed by atoms with Crippen LogP contribution < -0.4 is 0 Å². The molecule has 218 valence electrons. The van der Waals surface area contributed by atoms with Crippen LogP contribution in [0.15, 0.2) is 170 Å². The monoisotopic (exact) mass is 596 g/mol. The van der Waals surface area contributed by atoms with Gasteiger partial charge in [-0.25, -0.2) is 9.97 Å². The van der Waals surface area contributed by atoms with Crippen LogP contribution in [0.25, 0.3) is 66.8 Å². The fourth-order valence-electron chi connectivity index (χ4n) is 8.12. The van der Waals surface area contributed by atoms with E-state index in [1.165, 1.54) is 55.3 Å². The molecule has 7 aromatic carbocycles. The summed E-state index contributed by atoms with van der Waals surface area (Å²) in [5.41, 5.74) is 14.6. The molecule has 2 aliphatic rings. The van der Waals surface area contributed by atoms with Crippen LogP contribution in [-0.2, 0) is 5.41 Å². The first-order valence-corrected chi connectivity index (χ1v) is 16.2. The molecular formula is C45H28N2. The lowest BCUT2D eigenvalue weighted by Gasteiger charge is -2.30. The summed E-state index contributed by atoms with van der Waals surface area (Å²) in [5.74, 6) is 0.740. The Hall–Kier alpha value is -6.12. The minimum Gasteiger partial charge on any atom is -0.231 e. The van der Waals surface area contributed by atoms with Gasteiger partial charge >= 0.3 is 0 Å². The predicted molar refractivity (Wildman–Crippen MR) is 192 cm³/mol. The lowest BCUT2D eigenvalue weighted by Crippen LogP contribution is -2.27. The summed E-state index contributed by atoms with van der Waals surface area (Å²) < 4.78 is 0. The highest BCUT2D eigenvalue weighted by Crippen LogP contribution is 2.64. The van der Waals surface area contributed by atoms with Crippen molar-refractivity contribution in [1.82, 2.24) is 9.97 Å². The highest BCUT2D eigenvalue weighted by molar-refractivity contribution is 6.04. The van der Waals surface area contributed by atoms with Crippen molar-refractivity contribution in [2.45, 2.75) is 5.41 Å². The van der Waals surface area contributed by atoms with Gasteiger partial charge in [0.05, 0.1) is 16.8 Å². The van der Waals surface area contributed by atoms with Crippen molar-refractivity contribution in [2.24, 2.45) is 0 Å². The molecule has 0 saturated carbocycles. The molecule has 2 heteroatoms. The summed E-state index contributed by atoms with van der Waals surface area (Å²) in [5, 5.41) is 2.38. The second-order valence-electron chi connectivity index (χ2n) is 12.5. The van der Waals surface area contributed by atoms with E-state index >= 15 is 0 Å². The Morgan fingerprint density at radius 1 is 0.383 bits per heavy atom. The Bertz CT molecular complexity index is 2510. The molecule has 10 rings (SSSR count). The Balaban J connectivity index is 1.38. The first-order chi connectivity index (χ1) is 23.3. The minimum atomic E-state index is -0.603. The van der Waals surface area contributed by atoms with Crippen molar-refractivity contribution in [3.05, 3.63) is 192 Å². The second kappa shape index (κ2) is 9.94. The van der Waals surface area contributed by atoms with Crippen molar-refractivity contribution in [1.29, 1.82) is 0 Å². The van der Waals surface area contributed by atoms with E-state index in [0.29, 0.717) is 0 Å². The number of fused-ring (bicyclic) bond motifs is 11. The van der Waals surface area contributed by atoms with Gasteiger partial charge in [0.1, 0.15) is 0 Å². The zero-order chi connectivity index (χ0) is 31.0. The standard InChI is InChI=1S/C45H28N2/c1-3-14-29(15-4-1)32-26-27-35-34-21-9-11-24-38(34)45(40(35)28-32)39-25-12-10-22-37(39)41-42(36-23-13-19-30-16-7-8-20-33(30)36)46-44(47-43(41)45)31-17-5-2-6-18-31/h1-28H. The Morgan fingerprint density at radius 2 is 0.979 bits per heavy atom. The molecule has 0 amide bonds. The van der Waals surface area contributed by atoms with E-state index in [9.17, 15) is 0 Å². The van der Waals surface area contributed by atoms with Crippen LogP contribution in [0.1, 0.15) is 22.4 Å². The van der Waals surface area contributed by atoms with E-state index in [-0.39, 0.29) is 0 Å². The quantitative estimate of drug-likeness (QED) is 0.203. The van der Waals surface area contributed by atoms with Crippen molar-refractivity contribution in [2.75, 3.05) is 0 Å². The van der Waals surface area contributed by atoms with Gasteiger partial charge in [0.25, 0.3) is 0 Å². The summed E-state index contributed by atoms with van der Waals surface area (Å²) in [6.07, 6.45) is 0. The maximum atomic E-state index is 5.63. The molecule has 0 aliphatic heterocycles. The minimum absolute atomic E-state index is 0.603. The average Bonchev–Trinajstić information content (AvgIpc) is 3.62. The van der Waals surface area contributed by atoms with Crippen LogP contribution in [0.2, 0.25) is 0 Å². The van der Waals surface area contributed by atoms with Crippen molar-refractivity contribution in [3.8, 4) is 56.0 Å². The molecule has 1 unspecified atom stereocenters. The summed E-state index contributed by atoms with van der Waals surface area (Å²) in [7, 11) is 0. The molecule has 0 radical (unpaired) electrons. The normalized spacial score (nSPS) is 15.3. The van der Waals surface area contributed by atoms with Gasteiger partial charge in [-0.2, -0.15) is 0 Å². The molecule has 0 saturated heterocycles. The zero-order valence-corrected chi connectivity index (χ0v) is 25.6. The lowest BCUT2D eigenvalue weighted by molar-refractivity contribution is 0.758. The maximum absolute atomic E-state index is 5.63. The molecule has 2 nitrogen and oxygen atoms in total. The Morgan fingerprint density at radius 3 is 1.79 bits per heavy atom. The first kappa shape index (κ1) is 26.1. The Labute approximate surface area is 273 Å². The van der Waals surface area contributed by atoms with E-state index < -0.39 is 5.41 Å². The summed E-state index contributed by atoms with van der Waals surface area (Å²) in [6.45, 7) is 0. The number of nitrogens with zero attached hydrogens (tertiary/aromatic N) is 2. The summed E-state index contributed by atoms with van der Waals surface area (Å²) in [6, 6.07) is 61.1.